The van der Waals surface area contributed by atoms with Gasteiger partial charge in [-0.3, -0.25) is 4.90 Å². The van der Waals surface area contributed by atoms with E-state index in [9.17, 15) is 0 Å². The van der Waals surface area contributed by atoms with Gasteiger partial charge in [-0.1, -0.05) is 24.3 Å². The summed E-state index contributed by atoms with van der Waals surface area (Å²) in [5, 5.41) is 0. The Hall–Kier alpha value is -0.320. The lowest BCUT2D eigenvalue weighted by molar-refractivity contribution is 0.0342. The van der Waals surface area contributed by atoms with Gasteiger partial charge in [-0.05, 0) is 11.1 Å². The van der Waals surface area contributed by atoms with Crippen LogP contribution in [0, 0.1) is 0 Å². The van der Waals surface area contributed by atoms with E-state index in [1.165, 1.54) is 11.1 Å². The van der Waals surface area contributed by atoms with Crippen LogP contribution in [0.3, 0.4) is 0 Å². The number of morpholine rings is 1. The van der Waals surface area contributed by atoms with Crippen LogP contribution in [-0.2, 0) is 17.8 Å². The molecule has 0 spiro atoms. The number of ether oxygens (including phenoxy) is 1. The van der Waals surface area contributed by atoms with Gasteiger partial charge in [-0.2, -0.15) is 0 Å². The second-order valence-corrected chi connectivity index (χ2v) is 3.91. The van der Waals surface area contributed by atoms with Crippen molar-refractivity contribution in [1.29, 1.82) is 0 Å². The number of hydrogen-bond acceptors (Lipinski definition) is 3. The van der Waals surface area contributed by atoms with E-state index in [1.807, 2.05) is 0 Å². The molecule has 0 aromatic heterocycles. The molecule has 0 aliphatic carbocycles. The maximum Gasteiger partial charge on any atom is 0.0594 e. The highest BCUT2D eigenvalue weighted by atomic mass is 35.5. The number of hydrogen-bond donors (Lipinski definition) is 1. The number of halogens is 2. The van der Waals surface area contributed by atoms with Crippen molar-refractivity contribution in [3.8, 4) is 0 Å². The van der Waals surface area contributed by atoms with Crippen LogP contribution in [0.25, 0.3) is 0 Å². The highest BCUT2D eigenvalue weighted by molar-refractivity contribution is 5.85. The second-order valence-electron chi connectivity index (χ2n) is 3.91. The summed E-state index contributed by atoms with van der Waals surface area (Å²) >= 11 is 0. The first-order valence-corrected chi connectivity index (χ1v) is 5.46. The van der Waals surface area contributed by atoms with Crippen LogP contribution < -0.4 is 5.73 Å². The molecule has 1 heterocycles. The Morgan fingerprint density at radius 1 is 1.00 bits per heavy atom. The molecule has 0 unspecified atom stereocenters. The van der Waals surface area contributed by atoms with Crippen LogP contribution in [0.5, 0.6) is 0 Å². The zero-order valence-corrected chi connectivity index (χ0v) is 11.4. The predicted molar refractivity (Wildman–Crippen MR) is 74.9 cm³/mol. The van der Waals surface area contributed by atoms with Gasteiger partial charge in [0, 0.05) is 26.2 Å². The maximum atomic E-state index is 5.56. The minimum absolute atomic E-state index is 0. The van der Waals surface area contributed by atoms with E-state index in [1.54, 1.807) is 0 Å². The lowest BCUT2D eigenvalue weighted by Gasteiger charge is -2.26. The fourth-order valence-electron chi connectivity index (χ4n) is 1.80. The van der Waals surface area contributed by atoms with Gasteiger partial charge in [-0.15, -0.1) is 24.8 Å². The van der Waals surface area contributed by atoms with Gasteiger partial charge in [0.05, 0.1) is 13.2 Å². The van der Waals surface area contributed by atoms with Gasteiger partial charge >= 0.3 is 0 Å². The summed E-state index contributed by atoms with van der Waals surface area (Å²) < 4.78 is 5.32. The maximum absolute atomic E-state index is 5.56. The summed E-state index contributed by atoms with van der Waals surface area (Å²) in [4.78, 5) is 2.42. The van der Waals surface area contributed by atoms with Crippen molar-refractivity contribution in [2.45, 2.75) is 13.1 Å². The molecule has 0 bridgehead atoms. The SMILES string of the molecule is Cl.Cl.NCc1ccc(CN2CCOCC2)cc1. The average molecular weight is 279 g/mol. The molecule has 98 valence electrons. The molecule has 0 saturated carbocycles. The van der Waals surface area contributed by atoms with Crippen molar-refractivity contribution in [2.24, 2.45) is 5.73 Å². The third kappa shape index (κ3) is 5.23. The summed E-state index contributed by atoms with van der Waals surface area (Å²) in [7, 11) is 0. The minimum atomic E-state index is 0. The molecular weight excluding hydrogens is 259 g/mol. The molecule has 1 aliphatic rings. The Morgan fingerprint density at radius 2 is 1.53 bits per heavy atom. The normalized spacial score (nSPS) is 15.8. The van der Waals surface area contributed by atoms with Crippen LogP contribution >= 0.6 is 24.8 Å². The summed E-state index contributed by atoms with van der Waals surface area (Å²) in [6.07, 6.45) is 0. The highest BCUT2D eigenvalue weighted by Crippen LogP contribution is 2.08. The Balaban J connectivity index is 0.00000128. The van der Waals surface area contributed by atoms with Gasteiger partial charge < -0.3 is 10.5 Å². The first-order chi connectivity index (χ1) is 7.38. The Morgan fingerprint density at radius 3 is 2.06 bits per heavy atom. The Bertz CT molecular complexity index is 300. The van der Waals surface area contributed by atoms with Crippen molar-refractivity contribution < 1.29 is 4.74 Å². The summed E-state index contributed by atoms with van der Waals surface area (Å²) in [5.41, 5.74) is 8.11. The lowest BCUT2D eigenvalue weighted by atomic mass is 10.1. The largest absolute Gasteiger partial charge is 0.379 e. The van der Waals surface area contributed by atoms with Crippen molar-refractivity contribution >= 4 is 24.8 Å². The molecule has 17 heavy (non-hydrogen) atoms. The number of nitrogens with zero attached hydrogens (tertiary/aromatic N) is 1. The fraction of sp³-hybridized carbons (Fsp3) is 0.500. The van der Waals surface area contributed by atoms with Crippen LogP contribution in [0.1, 0.15) is 11.1 Å². The average Bonchev–Trinajstić information content (AvgIpc) is 2.31. The molecule has 1 aliphatic heterocycles. The molecule has 5 heteroatoms. The van der Waals surface area contributed by atoms with Gasteiger partial charge in [0.25, 0.3) is 0 Å². The molecule has 0 amide bonds. The zero-order valence-electron chi connectivity index (χ0n) is 9.80. The van der Waals surface area contributed by atoms with E-state index in [-0.39, 0.29) is 24.8 Å². The molecule has 1 saturated heterocycles. The smallest absolute Gasteiger partial charge is 0.0594 e. The van der Waals surface area contributed by atoms with Crippen LogP contribution in [-0.4, -0.2) is 31.2 Å². The first-order valence-electron chi connectivity index (χ1n) is 5.46. The van der Waals surface area contributed by atoms with Crippen LogP contribution in [0.15, 0.2) is 24.3 Å². The predicted octanol–water partition coefficient (Wildman–Crippen LogP) is 1.82. The van der Waals surface area contributed by atoms with Crippen LogP contribution in [0.4, 0.5) is 0 Å². The molecule has 0 radical (unpaired) electrons. The molecule has 2 N–H and O–H groups in total. The standard InChI is InChI=1S/C12H18N2O.2ClH/c13-9-11-1-3-12(4-2-11)10-14-5-7-15-8-6-14;;/h1-4H,5-10,13H2;2*1H. The Kier molecular flexibility index (Phi) is 8.56. The zero-order chi connectivity index (χ0) is 10.5. The van der Waals surface area contributed by atoms with E-state index in [2.05, 4.69) is 29.2 Å². The monoisotopic (exact) mass is 278 g/mol. The highest BCUT2D eigenvalue weighted by Gasteiger charge is 2.10. The lowest BCUT2D eigenvalue weighted by Crippen LogP contribution is -2.35. The number of rotatable bonds is 3. The van der Waals surface area contributed by atoms with Gasteiger partial charge in [-0.25, -0.2) is 0 Å². The van der Waals surface area contributed by atoms with Gasteiger partial charge in [0.1, 0.15) is 0 Å². The summed E-state index contributed by atoms with van der Waals surface area (Å²) in [6, 6.07) is 8.54. The molecule has 0 atom stereocenters. The first kappa shape index (κ1) is 16.7. The summed E-state index contributed by atoms with van der Waals surface area (Å²) in [6.45, 7) is 5.45. The van der Waals surface area contributed by atoms with Crippen molar-refractivity contribution in [3.63, 3.8) is 0 Å². The fourth-order valence-corrected chi connectivity index (χ4v) is 1.80. The van der Waals surface area contributed by atoms with Crippen molar-refractivity contribution in [3.05, 3.63) is 35.4 Å². The van der Waals surface area contributed by atoms with Crippen LogP contribution in [0.2, 0.25) is 0 Å². The van der Waals surface area contributed by atoms with E-state index in [4.69, 9.17) is 10.5 Å². The number of nitrogens with two attached hydrogens (primary N) is 1. The Labute approximate surface area is 115 Å². The third-order valence-corrected chi connectivity index (χ3v) is 2.77. The molecular formula is C12H20Cl2N2O. The molecule has 1 fully saturated rings. The van der Waals surface area contributed by atoms with E-state index in [0.29, 0.717) is 6.54 Å². The summed E-state index contributed by atoms with van der Waals surface area (Å²) in [5.74, 6) is 0. The van der Waals surface area contributed by atoms with E-state index >= 15 is 0 Å². The molecule has 2 rings (SSSR count). The van der Waals surface area contributed by atoms with Crippen molar-refractivity contribution in [2.75, 3.05) is 26.3 Å². The van der Waals surface area contributed by atoms with Gasteiger partial charge in [0.2, 0.25) is 0 Å². The van der Waals surface area contributed by atoms with E-state index < -0.39 is 0 Å². The second kappa shape index (κ2) is 8.72. The molecule has 3 nitrogen and oxygen atoms in total. The number of benzene rings is 1. The molecule has 1 aromatic carbocycles. The minimum Gasteiger partial charge on any atom is -0.379 e. The van der Waals surface area contributed by atoms with Gasteiger partial charge in [0.15, 0.2) is 0 Å². The topological polar surface area (TPSA) is 38.5 Å². The quantitative estimate of drug-likeness (QED) is 0.917. The molecule has 1 aromatic rings. The third-order valence-electron chi connectivity index (χ3n) is 2.77. The van der Waals surface area contributed by atoms with E-state index in [0.717, 1.165) is 32.8 Å². The van der Waals surface area contributed by atoms with Crippen molar-refractivity contribution in [1.82, 2.24) is 4.90 Å².